The summed E-state index contributed by atoms with van der Waals surface area (Å²) in [4.78, 5) is 16.4. The fraction of sp³-hybridized carbons (Fsp3) is 0.357. The highest BCUT2D eigenvalue weighted by atomic mass is 32.2. The van der Waals surface area contributed by atoms with Gasteiger partial charge in [0.1, 0.15) is 11.1 Å². The van der Waals surface area contributed by atoms with Gasteiger partial charge in [0, 0.05) is 23.6 Å². The van der Waals surface area contributed by atoms with Crippen LogP contribution < -0.4 is 10.1 Å². The lowest BCUT2D eigenvalue weighted by Gasteiger charge is -2.11. The Labute approximate surface area is 131 Å². The first-order valence-electron chi connectivity index (χ1n) is 6.66. The Morgan fingerprint density at radius 2 is 2.38 bits per heavy atom. The number of rotatable bonds is 4. The van der Waals surface area contributed by atoms with Crippen molar-refractivity contribution in [3.8, 4) is 5.88 Å². The van der Waals surface area contributed by atoms with Gasteiger partial charge >= 0.3 is 0 Å². The van der Waals surface area contributed by atoms with Crippen LogP contribution in [0.5, 0.6) is 5.88 Å². The maximum Gasteiger partial charge on any atom is 0.256 e. The quantitative estimate of drug-likeness (QED) is 0.938. The molecule has 21 heavy (non-hydrogen) atoms. The van der Waals surface area contributed by atoms with E-state index in [1.807, 2.05) is 24.8 Å². The highest BCUT2D eigenvalue weighted by Crippen LogP contribution is 2.23. The molecule has 0 aliphatic carbocycles. The van der Waals surface area contributed by atoms with Crippen LogP contribution in [-0.2, 0) is 0 Å². The molecule has 0 bridgehead atoms. The Kier molecular flexibility index (Phi) is 4.40. The second-order valence-corrected chi connectivity index (χ2v) is 6.73. The Morgan fingerprint density at radius 3 is 3.10 bits per heavy atom. The molecular formula is C14H15N3O2S2. The monoisotopic (exact) mass is 321 g/mol. The van der Waals surface area contributed by atoms with Crippen LogP contribution in [0.3, 0.4) is 0 Å². The fourth-order valence-corrected chi connectivity index (χ4v) is 3.75. The zero-order valence-corrected chi connectivity index (χ0v) is 13.2. The van der Waals surface area contributed by atoms with Crippen molar-refractivity contribution in [2.45, 2.75) is 19.4 Å². The lowest BCUT2D eigenvalue weighted by molar-refractivity contribution is 0.102. The number of thioether (sulfide) groups is 1. The number of amides is 1. The molecule has 1 amide bonds. The second kappa shape index (κ2) is 6.44. The maximum absolute atomic E-state index is 12.2. The topological polar surface area (TPSA) is 64.1 Å². The van der Waals surface area contributed by atoms with Gasteiger partial charge in [-0.25, -0.2) is 4.98 Å². The van der Waals surface area contributed by atoms with Crippen LogP contribution in [0, 0.1) is 6.92 Å². The number of aryl methyl sites for hydroxylation is 1. The SMILES string of the molecule is Cc1cc(NC(=O)c2ccnc(O[C@H]3CCSC3)c2)sn1. The maximum atomic E-state index is 12.2. The summed E-state index contributed by atoms with van der Waals surface area (Å²) in [5, 5.41) is 3.57. The summed E-state index contributed by atoms with van der Waals surface area (Å²) >= 11 is 3.15. The molecule has 2 aromatic heterocycles. The van der Waals surface area contributed by atoms with Crippen molar-refractivity contribution in [2.24, 2.45) is 0 Å². The molecule has 7 heteroatoms. The molecule has 1 aliphatic rings. The molecule has 3 rings (SSSR count). The summed E-state index contributed by atoms with van der Waals surface area (Å²) in [6, 6.07) is 5.21. The van der Waals surface area contributed by atoms with Crippen molar-refractivity contribution in [2.75, 3.05) is 16.8 Å². The molecule has 0 radical (unpaired) electrons. The highest BCUT2D eigenvalue weighted by Gasteiger charge is 2.18. The van der Waals surface area contributed by atoms with E-state index in [2.05, 4.69) is 14.7 Å². The lowest BCUT2D eigenvalue weighted by atomic mass is 10.2. The van der Waals surface area contributed by atoms with Gasteiger partial charge in [-0.3, -0.25) is 4.79 Å². The molecule has 1 atom stereocenters. The van der Waals surface area contributed by atoms with Crippen LogP contribution in [0.4, 0.5) is 5.00 Å². The first kappa shape index (κ1) is 14.3. The summed E-state index contributed by atoms with van der Waals surface area (Å²) in [6.45, 7) is 1.89. The number of ether oxygens (including phenoxy) is 1. The summed E-state index contributed by atoms with van der Waals surface area (Å²) in [5.74, 6) is 2.44. The van der Waals surface area contributed by atoms with Gasteiger partial charge < -0.3 is 10.1 Å². The number of carbonyl (C=O) groups excluding carboxylic acids is 1. The molecule has 2 aromatic rings. The van der Waals surface area contributed by atoms with Gasteiger partial charge in [-0.15, -0.1) is 0 Å². The number of nitrogens with zero attached hydrogens (tertiary/aromatic N) is 2. The smallest absolute Gasteiger partial charge is 0.256 e. The largest absolute Gasteiger partial charge is 0.473 e. The highest BCUT2D eigenvalue weighted by molar-refractivity contribution is 7.99. The number of aromatic nitrogens is 2. The molecule has 1 saturated heterocycles. The average molecular weight is 321 g/mol. The Bertz CT molecular complexity index is 639. The van der Waals surface area contributed by atoms with Crippen molar-refractivity contribution >= 4 is 34.2 Å². The van der Waals surface area contributed by atoms with Gasteiger partial charge in [0.05, 0.1) is 5.69 Å². The van der Waals surface area contributed by atoms with Crippen LogP contribution in [0.25, 0.3) is 0 Å². The van der Waals surface area contributed by atoms with Crippen molar-refractivity contribution in [3.05, 3.63) is 35.7 Å². The van der Waals surface area contributed by atoms with E-state index in [-0.39, 0.29) is 12.0 Å². The molecule has 110 valence electrons. The van der Waals surface area contributed by atoms with Gasteiger partial charge in [-0.2, -0.15) is 16.1 Å². The van der Waals surface area contributed by atoms with E-state index < -0.39 is 0 Å². The minimum atomic E-state index is -0.174. The van der Waals surface area contributed by atoms with Crippen molar-refractivity contribution in [1.82, 2.24) is 9.36 Å². The molecule has 0 spiro atoms. The first-order chi connectivity index (χ1) is 10.2. The van der Waals surface area contributed by atoms with Crippen molar-refractivity contribution < 1.29 is 9.53 Å². The number of carbonyl (C=O) groups is 1. The predicted molar refractivity (Wildman–Crippen MR) is 85.4 cm³/mol. The third-order valence-electron chi connectivity index (χ3n) is 3.04. The van der Waals surface area contributed by atoms with Crippen LogP contribution in [0.15, 0.2) is 24.4 Å². The van der Waals surface area contributed by atoms with E-state index in [1.165, 1.54) is 11.5 Å². The van der Waals surface area contributed by atoms with Gasteiger partial charge in [-0.1, -0.05) is 0 Å². The van der Waals surface area contributed by atoms with Crippen LogP contribution in [0.2, 0.25) is 0 Å². The van der Waals surface area contributed by atoms with Gasteiger partial charge in [0.25, 0.3) is 5.91 Å². The minimum absolute atomic E-state index is 0.174. The van der Waals surface area contributed by atoms with Crippen LogP contribution in [-0.4, -0.2) is 32.9 Å². The molecule has 0 saturated carbocycles. The van der Waals surface area contributed by atoms with E-state index >= 15 is 0 Å². The Hall–Kier alpha value is -1.60. The molecule has 1 N–H and O–H groups in total. The van der Waals surface area contributed by atoms with Crippen LogP contribution >= 0.6 is 23.3 Å². The number of hydrogen-bond acceptors (Lipinski definition) is 6. The van der Waals surface area contributed by atoms with Crippen molar-refractivity contribution in [3.63, 3.8) is 0 Å². The van der Waals surface area contributed by atoms with Crippen molar-refractivity contribution in [1.29, 1.82) is 0 Å². The van der Waals surface area contributed by atoms with Gasteiger partial charge in [0.15, 0.2) is 0 Å². The van der Waals surface area contributed by atoms with E-state index in [9.17, 15) is 4.79 Å². The zero-order valence-electron chi connectivity index (χ0n) is 11.5. The van der Waals surface area contributed by atoms with E-state index in [4.69, 9.17) is 4.74 Å². The van der Waals surface area contributed by atoms with E-state index in [0.29, 0.717) is 11.4 Å². The number of hydrogen-bond donors (Lipinski definition) is 1. The number of anilines is 1. The van der Waals surface area contributed by atoms with Gasteiger partial charge in [0.2, 0.25) is 5.88 Å². The van der Waals surface area contributed by atoms with Gasteiger partial charge in [-0.05, 0) is 42.8 Å². The number of pyridine rings is 1. The molecule has 5 nitrogen and oxygen atoms in total. The lowest BCUT2D eigenvalue weighted by Crippen LogP contribution is -2.16. The second-order valence-electron chi connectivity index (χ2n) is 4.77. The normalized spacial score (nSPS) is 17.7. The molecular weight excluding hydrogens is 306 g/mol. The fourth-order valence-electron chi connectivity index (χ4n) is 2.00. The molecule has 1 fully saturated rings. The molecule has 3 heterocycles. The third kappa shape index (κ3) is 3.74. The average Bonchev–Trinajstić information content (AvgIpc) is 3.11. The Morgan fingerprint density at radius 1 is 1.48 bits per heavy atom. The first-order valence-corrected chi connectivity index (χ1v) is 8.58. The molecule has 0 aromatic carbocycles. The summed E-state index contributed by atoms with van der Waals surface area (Å²) < 4.78 is 9.94. The minimum Gasteiger partial charge on any atom is -0.473 e. The van der Waals surface area contributed by atoms with E-state index in [0.717, 1.165) is 28.6 Å². The standard InChI is InChI=1S/C14H15N3O2S2/c1-9-6-13(21-17-9)16-14(18)10-2-4-15-12(7-10)19-11-3-5-20-8-11/h2,4,6-7,11H,3,5,8H2,1H3,(H,16,18)/t11-/m0/s1. The summed E-state index contributed by atoms with van der Waals surface area (Å²) in [5.41, 5.74) is 1.43. The van der Waals surface area contributed by atoms with Crippen LogP contribution in [0.1, 0.15) is 22.5 Å². The Balaban J connectivity index is 1.68. The summed E-state index contributed by atoms with van der Waals surface area (Å²) in [7, 11) is 0. The van der Waals surface area contributed by atoms with E-state index in [1.54, 1.807) is 18.3 Å². The predicted octanol–water partition coefficient (Wildman–Crippen LogP) is 2.98. The molecule has 1 aliphatic heterocycles. The zero-order chi connectivity index (χ0) is 14.7. The summed E-state index contributed by atoms with van der Waals surface area (Å²) in [6.07, 6.45) is 2.83. The molecule has 0 unspecified atom stereocenters. The number of nitrogens with one attached hydrogen (secondary N) is 1. The third-order valence-corrected chi connectivity index (χ3v) is 4.96.